The number of benzene rings is 1. The molecule has 2 rings (SSSR count). The number of thiazole rings is 1. The number of hydrogen-bond donors (Lipinski definition) is 1. The minimum Gasteiger partial charge on any atom is -0.487 e. The number of halogens is 4. The summed E-state index contributed by atoms with van der Waals surface area (Å²) < 4.78 is 55.6. The predicted molar refractivity (Wildman–Crippen MR) is 62.3 cm³/mol. The number of aromatic nitrogens is 1. The van der Waals surface area contributed by atoms with Crippen molar-refractivity contribution in [3.05, 3.63) is 40.7 Å². The van der Waals surface area contributed by atoms with E-state index in [-0.39, 0.29) is 12.4 Å². The van der Waals surface area contributed by atoms with E-state index in [2.05, 4.69) is 4.98 Å². The van der Waals surface area contributed by atoms with E-state index >= 15 is 0 Å². The van der Waals surface area contributed by atoms with E-state index in [1.165, 1.54) is 11.3 Å². The minimum absolute atomic E-state index is 0.0311. The molecule has 2 aromatic rings. The average molecular weight is 292 g/mol. The summed E-state index contributed by atoms with van der Waals surface area (Å²) in [5.74, 6) is -1.42. The molecule has 0 aliphatic heterocycles. The molecule has 102 valence electrons. The molecule has 0 saturated carbocycles. The first-order chi connectivity index (χ1) is 8.86. The van der Waals surface area contributed by atoms with Crippen molar-refractivity contribution in [1.82, 2.24) is 4.98 Å². The maximum atomic E-state index is 13.0. The van der Waals surface area contributed by atoms with Gasteiger partial charge in [-0.2, -0.15) is 13.2 Å². The van der Waals surface area contributed by atoms with Crippen LogP contribution in [0.15, 0.2) is 23.6 Å². The fourth-order valence-corrected chi connectivity index (χ4v) is 1.91. The maximum absolute atomic E-state index is 13.0. The van der Waals surface area contributed by atoms with Gasteiger partial charge < -0.3 is 10.5 Å². The van der Waals surface area contributed by atoms with E-state index in [1.807, 2.05) is 0 Å². The zero-order valence-corrected chi connectivity index (χ0v) is 10.2. The number of nitrogens with two attached hydrogens (primary N) is 1. The molecule has 0 atom stereocenters. The van der Waals surface area contributed by atoms with Crippen LogP contribution in [0.25, 0.3) is 0 Å². The van der Waals surface area contributed by atoms with Gasteiger partial charge in [0, 0.05) is 5.38 Å². The summed E-state index contributed by atoms with van der Waals surface area (Å²) in [5.41, 5.74) is 4.54. The molecule has 0 aliphatic rings. The minimum atomic E-state index is -4.76. The second-order valence-electron chi connectivity index (χ2n) is 3.61. The monoisotopic (exact) mass is 292 g/mol. The highest BCUT2D eigenvalue weighted by atomic mass is 32.1. The van der Waals surface area contributed by atoms with Gasteiger partial charge in [0.1, 0.15) is 18.2 Å². The lowest BCUT2D eigenvalue weighted by atomic mass is 10.2. The van der Waals surface area contributed by atoms with E-state index in [1.54, 1.807) is 5.38 Å². The lowest BCUT2D eigenvalue weighted by Gasteiger charge is -2.10. The van der Waals surface area contributed by atoms with Gasteiger partial charge in [0.15, 0.2) is 5.13 Å². The summed E-state index contributed by atoms with van der Waals surface area (Å²) in [4.78, 5) is 3.89. The van der Waals surface area contributed by atoms with E-state index in [9.17, 15) is 17.6 Å². The van der Waals surface area contributed by atoms with Gasteiger partial charge in [-0.15, -0.1) is 11.3 Å². The van der Waals surface area contributed by atoms with Crippen molar-refractivity contribution in [3.8, 4) is 5.75 Å². The average Bonchev–Trinajstić information content (AvgIpc) is 2.72. The van der Waals surface area contributed by atoms with Crippen LogP contribution in [0.1, 0.15) is 11.3 Å². The Morgan fingerprint density at radius 3 is 2.63 bits per heavy atom. The summed E-state index contributed by atoms with van der Waals surface area (Å²) in [5, 5.41) is 1.97. The Labute approximate surface area is 109 Å². The molecule has 1 aromatic heterocycles. The van der Waals surface area contributed by atoms with Crippen molar-refractivity contribution in [2.45, 2.75) is 12.8 Å². The van der Waals surface area contributed by atoms with Crippen molar-refractivity contribution >= 4 is 16.5 Å². The van der Waals surface area contributed by atoms with Gasteiger partial charge in [0.25, 0.3) is 0 Å². The Morgan fingerprint density at radius 2 is 2.05 bits per heavy atom. The molecule has 3 nitrogen and oxygen atoms in total. The van der Waals surface area contributed by atoms with Crippen molar-refractivity contribution in [3.63, 3.8) is 0 Å². The number of anilines is 1. The maximum Gasteiger partial charge on any atom is 0.419 e. The Balaban J connectivity index is 2.13. The molecule has 0 spiro atoms. The van der Waals surface area contributed by atoms with Gasteiger partial charge in [-0.1, -0.05) is 0 Å². The van der Waals surface area contributed by atoms with Crippen LogP contribution in [0, 0.1) is 5.82 Å². The molecule has 0 unspecified atom stereocenters. The van der Waals surface area contributed by atoms with Crippen LogP contribution in [-0.2, 0) is 12.8 Å². The molecule has 1 aromatic carbocycles. The lowest BCUT2D eigenvalue weighted by molar-refractivity contribution is -0.140. The quantitative estimate of drug-likeness (QED) is 0.881. The first-order valence-corrected chi connectivity index (χ1v) is 5.93. The predicted octanol–water partition coefficient (Wildman–Crippen LogP) is 3.46. The zero-order chi connectivity index (χ0) is 14.0. The third-order valence-electron chi connectivity index (χ3n) is 2.20. The molecule has 0 fully saturated rings. The van der Waals surface area contributed by atoms with Crippen LogP contribution in [0.2, 0.25) is 0 Å². The van der Waals surface area contributed by atoms with Crippen LogP contribution < -0.4 is 10.5 Å². The highest BCUT2D eigenvalue weighted by Gasteiger charge is 2.34. The lowest BCUT2D eigenvalue weighted by Crippen LogP contribution is -2.08. The number of ether oxygens (including phenoxy) is 1. The zero-order valence-electron chi connectivity index (χ0n) is 9.37. The van der Waals surface area contributed by atoms with E-state index in [0.717, 1.165) is 6.07 Å². The van der Waals surface area contributed by atoms with Crippen molar-refractivity contribution in [2.24, 2.45) is 0 Å². The molecule has 19 heavy (non-hydrogen) atoms. The normalized spacial score (nSPS) is 11.6. The molecule has 0 radical (unpaired) electrons. The van der Waals surface area contributed by atoms with Crippen molar-refractivity contribution in [1.29, 1.82) is 0 Å². The van der Waals surface area contributed by atoms with Gasteiger partial charge in [0.2, 0.25) is 0 Å². The first-order valence-electron chi connectivity index (χ1n) is 5.05. The van der Waals surface area contributed by atoms with E-state index < -0.39 is 17.6 Å². The van der Waals surface area contributed by atoms with Gasteiger partial charge in [-0.25, -0.2) is 9.37 Å². The summed E-state index contributed by atoms with van der Waals surface area (Å²) in [7, 11) is 0. The van der Waals surface area contributed by atoms with Gasteiger partial charge in [-0.05, 0) is 18.2 Å². The largest absolute Gasteiger partial charge is 0.487 e. The van der Waals surface area contributed by atoms with Gasteiger partial charge in [-0.3, -0.25) is 0 Å². The molecular formula is C11H8F4N2OS. The fourth-order valence-electron chi connectivity index (χ4n) is 1.36. The van der Waals surface area contributed by atoms with Crippen LogP contribution >= 0.6 is 11.3 Å². The standard InChI is InChI=1S/C11H8F4N2OS/c12-9-2-1-7(3-8(9)11(13,14)15)18-4-6-5-19-10(16)17-6/h1-3,5H,4H2,(H2,16,17). The summed E-state index contributed by atoms with van der Waals surface area (Å²) in [6, 6.07) is 2.46. The van der Waals surface area contributed by atoms with Crippen molar-refractivity contribution in [2.75, 3.05) is 5.73 Å². The molecule has 1 heterocycles. The Hall–Kier alpha value is -1.83. The second kappa shape index (κ2) is 5.04. The molecule has 8 heteroatoms. The summed E-state index contributed by atoms with van der Waals surface area (Å²) >= 11 is 1.20. The van der Waals surface area contributed by atoms with E-state index in [4.69, 9.17) is 10.5 Å². The molecule has 2 N–H and O–H groups in total. The molecule has 0 saturated heterocycles. The third kappa shape index (κ3) is 3.34. The molecule has 0 aliphatic carbocycles. The number of alkyl halides is 3. The Morgan fingerprint density at radius 1 is 1.32 bits per heavy atom. The summed E-state index contributed by atoms with van der Waals surface area (Å²) in [6.07, 6.45) is -4.76. The third-order valence-corrected chi connectivity index (χ3v) is 2.92. The number of rotatable bonds is 3. The van der Waals surface area contributed by atoms with Crippen LogP contribution in [0.5, 0.6) is 5.75 Å². The molecule has 0 amide bonds. The Bertz CT molecular complexity index is 582. The topological polar surface area (TPSA) is 48.1 Å². The Kier molecular flexibility index (Phi) is 3.61. The second-order valence-corrected chi connectivity index (χ2v) is 4.49. The fraction of sp³-hybridized carbons (Fsp3) is 0.182. The van der Waals surface area contributed by atoms with Crippen LogP contribution in [0.3, 0.4) is 0 Å². The van der Waals surface area contributed by atoms with E-state index in [0.29, 0.717) is 23.0 Å². The highest BCUT2D eigenvalue weighted by molar-refractivity contribution is 7.13. The highest BCUT2D eigenvalue weighted by Crippen LogP contribution is 2.33. The number of hydrogen-bond acceptors (Lipinski definition) is 4. The summed E-state index contributed by atoms with van der Waals surface area (Å²) in [6.45, 7) is -0.0311. The first kappa shape index (κ1) is 13.6. The SMILES string of the molecule is Nc1nc(COc2ccc(F)c(C(F)(F)F)c2)cs1. The van der Waals surface area contributed by atoms with Gasteiger partial charge >= 0.3 is 6.18 Å². The van der Waals surface area contributed by atoms with Crippen LogP contribution in [-0.4, -0.2) is 4.98 Å². The van der Waals surface area contributed by atoms with Crippen LogP contribution in [0.4, 0.5) is 22.7 Å². The molecule has 0 bridgehead atoms. The van der Waals surface area contributed by atoms with Gasteiger partial charge in [0.05, 0.1) is 11.3 Å². The smallest absolute Gasteiger partial charge is 0.419 e. The number of nitrogens with zero attached hydrogens (tertiary/aromatic N) is 1. The van der Waals surface area contributed by atoms with Crippen molar-refractivity contribution < 1.29 is 22.3 Å². The number of nitrogen functional groups attached to an aromatic ring is 1. The molecular weight excluding hydrogens is 284 g/mol.